The van der Waals surface area contributed by atoms with Gasteiger partial charge in [0.15, 0.2) is 0 Å². The summed E-state index contributed by atoms with van der Waals surface area (Å²) in [5.74, 6) is -0.232. The number of rotatable bonds is 3. The van der Waals surface area contributed by atoms with Gasteiger partial charge in [0.05, 0.1) is 0 Å². The first kappa shape index (κ1) is 14.4. The van der Waals surface area contributed by atoms with Crippen molar-refractivity contribution < 1.29 is 4.39 Å². The Labute approximate surface area is 133 Å². The first-order valence-electron chi connectivity index (χ1n) is 7.15. The van der Waals surface area contributed by atoms with Gasteiger partial charge in [-0.25, -0.2) is 4.39 Å². The summed E-state index contributed by atoms with van der Waals surface area (Å²) in [4.78, 5) is 2.31. The summed E-state index contributed by atoms with van der Waals surface area (Å²) in [6, 6.07) is 11.3. The Hall–Kier alpha value is -1.55. The number of anilines is 2. The predicted molar refractivity (Wildman–Crippen MR) is 89.5 cm³/mol. The monoisotopic (exact) mass is 348 g/mol. The van der Waals surface area contributed by atoms with E-state index in [9.17, 15) is 4.39 Å². The average molecular weight is 349 g/mol. The summed E-state index contributed by atoms with van der Waals surface area (Å²) in [6.07, 6.45) is 2.36. The molecule has 4 heteroatoms. The number of nitrogens with zero attached hydrogens (tertiary/aromatic N) is 1. The van der Waals surface area contributed by atoms with Gasteiger partial charge in [-0.1, -0.05) is 12.1 Å². The molecule has 0 amide bonds. The standard InChI is InChI=1S/C17H18BrFN2/c1-21-8-2-3-13-9-12(4-7-17(13)21)11-20-16-6-5-14(19)10-15(16)18/h4-7,9-10,20H,2-3,8,11H2,1H3. The third kappa shape index (κ3) is 3.21. The van der Waals surface area contributed by atoms with Crippen molar-refractivity contribution in [1.82, 2.24) is 0 Å². The molecule has 110 valence electrons. The van der Waals surface area contributed by atoms with Crippen LogP contribution in [0.2, 0.25) is 0 Å². The fraction of sp³-hybridized carbons (Fsp3) is 0.294. The molecule has 0 fully saturated rings. The molecular weight excluding hydrogens is 331 g/mol. The van der Waals surface area contributed by atoms with Crippen LogP contribution in [0.25, 0.3) is 0 Å². The minimum absolute atomic E-state index is 0.232. The summed E-state index contributed by atoms with van der Waals surface area (Å²) >= 11 is 3.38. The highest BCUT2D eigenvalue weighted by molar-refractivity contribution is 9.10. The minimum Gasteiger partial charge on any atom is -0.380 e. The van der Waals surface area contributed by atoms with Gasteiger partial charge in [0.2, 0.25) is 0 Å². The summed E-state index contributed by atoms with van der Waals surface area (Å²) in [5, 5.41) is 3.35. The zero-order chi connectivity index (χ0) is 14.8. The van der Waals surface area contributed by atoms with Gasteiger partial charge in [0.1, 0.15) is 5.82 Å². The summed E-state index contributed by atoms with van der Waals surface area (Å²) in [5.41, 5.74) is 4.92. The number of benzene rings is 2. The van der Waals surface area contributed by atoms with E-state index >= 15 is 0 Å². The molecule has 2 nitrogen and oxygen atoms in total. The molecule has 1 aliphatic rings. The second-order valence-corrected chi connectivity index (χ2v) is 6.32. The van der Waals surface area contributed by atoms with Crippen molar-refractivity contribution >= 4 is 27.3 Å². The van der Waals surface area contributed by atoms with Gasteiger partial charge in [0.25, 0.3) is 0 Å². The van der Waals surface area contributed by atoms with Crippen LogP contribution in [0.3, 0.4) is 0 Å². The van der Waals surface area contributed by atoms with Gasteiger partial charge in [-0.15, -0.1) is 0 Å². The average Bonchev–Trinajstić information content (AvgIpc) is 2.46. The third-order valence-electron chi connectivity index (χ3n) is 3.91. The van der Waals surface area contributed by atoms with Crippen molar-refractivity contribution in [3.8, 4) is 0 Å². The van der Waals surface area contributed by atoms with E-state index in [4.69, 9.17) is 0 Å². The van der Waals surface area contributed by atoms with Gasteiger partial charge in [-0.05, 0) is 64.2 Å². The first-order valence-corrected chi connectivity index (χ1v) is 7.94. The van der Waals surface area contributed by atoms with Crippen molar-refractivity contribution in [2.45, 2.75) is 19.4 Å². The molecular formula is C17H18BrFN2. The molecule has 3 rings (SSSR count). The number of halogens is 2. The van der Waals surface area contributed by atoms with Crippen LogP contribution in [0.1, 0.15) is 17.5 Å². The normalized spacial score (nSPS) is 14.0. The molecule has 2 aromatic carbocycles. The predicted octanol–water partition coefficient (Wildman–Crippen LogP) is 4.58. The number of aryl methyl sites for hydroxylation is 1. The number of hydrogen-bond donors (Lipinski definition) is 1. The largest absolute Gasteiger partial charge is 0.380 e. The third-order valence-corrected chi connectivity index (χ3v) is 4.56. The van der Waals surface area contributed by atoms with Crippen LogP contribution < -0.4 is 10.2 Å². The van der Waals surface area contributed by atoms with Crippen LogP contribution in [-0.2, 0) is 13.0 Å². The van der Waals surface area contributed by atoms with E-state index in [-0.39, 0.29) is 5.82 Å². The van der Waals surface area contributed by atoms with Crippen LogP contribution in [0.15, 0.2) is 40.9 Å². The van der Waals surface area contributed by atoms with E-state index in [1.165, 1.54) is 35.4 Å². The molecule has 0 saturated carbocycles. The van der Waals surface area contributed by atoms with Gasteiger partial charge in [0, 0.05) is 36.0 Å². The Morgan fingerprint density at radius 1 is 1.24 bits per heavy atom. The van der Waals surface area contributed by atoms with Crippen LogP contribution in [-0.4, -0.2) is 13.6 Å². The van der Waals surface area contributed by atoms with Crippen molar-refractivity contribution in [1.29, 1.82) is 0 Å². The second kappa shape index (κ2) is 6.06. The first-order chi connectivity index (χ1) is 10.1. The van der Waals surface area contributed by atoms with E-state index in [1.807, 2.05) is 0 Å². The lowest BCUT2D eigenvalue weighted by Crippen LogP contribution is -2.24. The summed E-state index contributed by atoms with van der Waals surface area (Å²) in [6.45, 7) is 1.87. The summed E-state index contributed by atoms with van der Waals surface area (Å²) in [7, 11) is 2.14. The van der Waals surface area contributed by atoms with E-state index in [0.29, 0.717) is 0 Å². The second-order valence-electron chi connectivity index (χ2n) is 5.47. The molecule has 1 heterocycles. The van der Waals surface area contributed by atoms with Crippen molar-refractivity contribution in [2.24, 2.45) is 0 Å². The molecule has 0 aromatic heterocycles. The molecule has 21 heavy (non-hydrogen) atoms. The van der Waals surface area contributed by atoms with Crippen LogP contribution >= 0.6 is 15.9 Å². The zero-order valence-corrected chi connectivity index (χ0v) is 13.6. The smallest absolute Gasteiger partial charge is 0.124 e. The molecule has 0 unspecified atom stereocenters. The molecule has 1 N–H and O–H groups in total. The number of hydrogen-bond acceptors (Lipinski definition) is 2. The number of fused-ring (bicyclic) bond motifs is 1. The van der Waals surface area contributed by atoms with E-state index in [0.717, 1.165) is 29.7 Å². The number of nitrogens with one attached hydrogen (secondary N) is 1. The molecule has 0 bridgehead atoms. The fourth-order valence-electron chi connectivity index (χ4n) is 2.78. The Balaban J connectivity index is 1.73. The topological polar surface area (TPSA) is 15.3 Å². The molecule has 1 aliphatic heterocycles. The van der Waals surface area contributed by atoms with Crippen molar-refractivity contribution in [3.05, 3.63) is 57.8 Å². The van der Waals surface area contributed by atoms with Gasteiger partial charge in [-0.3, -0.25) is 0 Å². The Kier molecular flexibility index (Phi) is 4.15. The maximum absolute atomic E-state index is 13.1. The minimum atomic E-state index is -0.232. The maximum Gasteiger partial charge on any atom is 0.124 e. The lowest BCUT2D eigenvalue weighted by Gasteiger charge is -2.28. The SMILES string of the molecule is CN1CCCc2cc(CNc3ccc(F)cc3Br)ccc21. The Morgan fingerprint density at radius 2 is 2.10 bits per heavy atom. The van der Waals surface area contributed by atoms with Gasteiger partial charge in [-0.2, -0.15) is 0 Å². The van der Waals surface area contributed by atoms with E-state index in [1.54, 1.807) is 6.07 Å². The van der Waals surface area contributed by atoms with E-state index < -0.39 is 0 Å². The van der Waals surface area contributed by atoms with E-state index in [2.05, 4.69) is 51.4 Å². The lowest BCUT2D eigenvalue weighted by atomic mass is 9.99. The lowest BCUT2D eigenvalue weighted by molar-refractivity contribution is 0.627. The highest BCUT2D eigenvalue weighted by atomic mass is 79.9. The molecule has 0 aliphatic carbocycles. The van der Waals surface area contributed by atoms with Gasteiger partial charge < -0.3 is 10.2 Å². The zero-order valence-electron chi connectivity index (χ0n) is 12.0. The Morgan fingerprint density at radius 3 is 2.90 bits per heavy atom. The Bertz CT molecular complexity index is 657. The van der Waals surface area contributed by atoms with Crippen molar-refractivity contribution in [3.63, 3.8) is 0 Å². The highest BCUT2D eigenvalue weighted by Gasteiger charge is 2.13. The van der Waals surface area contributed by atoms with Gasteiger partial charge >= 0.3 is 0 Å². The van der Waals surface area contributed by atoms with Crippen molar-refractivity contribution in [2.75, 3.05) is 23.8 Å². The quantitative estimate of drug-likeness (QED) is 0.872. The molecule has 0 atom stereocenters. The maximum atomic E-state index is 13.1. The molecule has 0 saturated heterocycles. The fourth-order valence-corrected chi connectivity index (χ4v) is 3.27. The highest BCUT2D eigenvalue weighted by Crippen LogP contribution is 2.28. The molecule has 0 radical (unpaired) electrons. The van der Waals surface area contributed by atoms with Crippen LogP contribution in [0.4, 0.5) is 15.8 Å². The van der Waals surface area contributed by atoms with Crippen LogP contribution in [0.5, 0.6) is 0 Å². The molecule has 2 aromatic rings. The molecule has 0 spiro atoms. The van der Waals surface area contributed by atoms with Crippen LogP contribution in [0, 0.1) is 5.82 Å². The summed E-state index contributed by atoms with van der Waals surface area (Å²) < 4.78 is 13.8.